The molecule has 5 rings (SSSR count). The first-order valence-electron chi connectivity index (χ1n) is 11.2. The molecule has 208 valence electrons. The molecule has 2 heterocycles. The smallest absolute Gasteiger partial charge is 0.300 e. The van der Waals surface area contributed by atoms with Gasteiger partial charge in [-0.3, -0.25) is 19.2 Å². The number of hydrogen-bond acceptors (Lipinski definition) is 7. The summed E-state index contributed by atoms with van der Waals surface area (Å²) in [7, 11) is 3.49. The van der Waals surface area contributed by atoms with Crippen molar-refractivity contribution in [3.05, 3.63) is 109 Å². The van der Waals surface area contributed by atoms with Gasteiger partial charge in [0.2, 0.25) is 0 Å². The molecule has 0 bridgehead atoms. The molecule has 0 aliphatic rings. The third kappa shape index (κ3) is 11.1. The standard InChI is InChI=1S/C21H18N3O2S.C5H5N.C2H4O2.Pd.H2S/c1-24(27-26-18-12-10-17(25-2)11-13-18)23-19-7-3-5-15-8-9-16-6-4-14-22-21(16)20(15)19;1-2-4-6-5-3-1;1-2(3)4;;/h3-14H,1-2H3;1-5H;1H3,(H,3,4);;1H2/q-1;;;;. The minimum absolute atomic E-state index is 0. The largest absolute Gasteiger partial charge is 0.607 e. The molecule has 8 nitrogen and oxygen atoms in total. The van der Waals surface area contributed by atoms with E-state index in [-0.39, 0.29) is 33.9 Å². The predicted octanol–water partition coefficient (Wildman–Crippen LogP) is 7.17. The van der Waals surface area contributed by atoms with Crippen molar-refractivity contribution in [3.8, 4) is 11.5 Å². The van der Waals surface area contributed by atoms with E-state index in [9.17, 15) is 0 Å². The fourth-order valence-corrected chi connectivity index (χ4v) is 3.61. The van der Waals surface area contributed by atoms with Gasteiger partial charge in [-0.1, -0.05) is 42.5 Å². The summed E-state index contributed by atoms with van der Waals surface area (Å²) < 4.78 is 12.6. The summed E-state index contributed by atoms with van der Waals surface area (Å²) in [5.41, 5.74) is 6.49. The van der Waals surface area contributed by atoms with Gasteiger partial charge in [0.05, 0.1) is 12.6 Å². The maximum absolute atomic E-state index is 9.00. The van der Waals surface area contributed by atoms with Crippen LogP contribution in [-0.2, 0) is 25.2 Å². The van der Waals surface area contributed by atoms with Crippen LogP contribution in [0.25, 0.3) is 27.1 Å². The average molecular weight is 656 g/mol. The van der Waals surface area contributed by atoms with Gasteiger partial charge in [-0.15, -0.1) is 5.69 Å². The summed E-state index contributed by atoms with van der Waals surface area (Å²) in [4.78, 5) is 17.3. The zero-order chi connectivity index (χ0) is 26.5. The first-order valence-corrected chi connectivity index (χ1v) is 11.9. The number of benzene rings is 3. The molecule has 0 saturated carbocycles. The van der Waals surface area contributed by atoms with Gasteiger partial charge in [-0.05, 0) is 60.3 Å². The van der Waals surface area contributed by atoms with E-state index in [0.717, 1.165) is 58.0 Å². The molecule has 0 spiro atoms. The van der Waals surface area contributed by atoms with Crippen LogP contribution in [0.3, 0.4) is 0 Å². The fraction of sp³-hybridized carbons (Fsp3) is 0.107. The molecular formula is C28H29N4O4PdS2-. The number of hydrogen-bond donors (Lipinski definition) is 1. The third-order valence-electron chi connectivity index (χ3n) is 4.71. The van der Waals surface area contributed by atoms with Crippen LogP contribution in [0.5, 0.6) is 11.5 Å². The van der Waals surface area contributed by atoms with Crippen molar-refractivity contribution < 1.29 is 39.2 Å². The van der Waals surface area contributed by atoms with Crippen LogP contribution in [0.2, 0.25) is 0 Å². The van der Waals surface area contributed by atoms with Crippen LogP contribution in [0.15, 0.2) is 104 Å². The van der Waals surface area contributed by atoms with Crippen molar-refractivity contribution in [1.29, 1.82) is 0 Å². The Labute approximate surface area is 253 Å². The van der Waals surface area contributed by atoms with E-state index < -0.39 is 5.97 Å². The Balaban J connectivity index is 0.000000540. The van der Waals surface area contributed by atoms with Crippen molar-refractivity contribution in [1.82, 2.24) is 14.4 Å². The number of carbonyl (C=O) groups is 1. The third-order valence-corrected chi connectivity index (χ3v) is 5.27. The van der Waals surface area contributed by atoms with Gasteiger partial charge in [0.15, 0.2) is 0 Å². The molecule has 0 atom stereocenters. The Morgan fingerprint density at radius 2 is 1.49 bits per heavy atom. The minimum atomic E-state index is -0.833. The van der Waals surface area contributed by atoms with Crippen molar-refractivity contribution in [2.24, 2.45) is 0 Å². The van der Waals surface area contributed by atoms with Gasteiger partial charge in [0, 0.05) is 51.3 Å². The topological polar surface area (TPSA) is 98.9 Å². The van der Waals surface area contributed by atoms with E-state index in [2.05, 4.69) is 34.2 Å². The Kier molecular flexibility index (Phi) is 15.6. The molecule has 0 amide bonds. The molecule has 0 aliphatic carbocycles. The van der Waals surface area contributed by atoms with Crippen LogP contribution in [0.4, 0.5) is 5.69 Å². The molecule has 0 radical (unpaired) electrons. The maximum Gasteiger partial charge on any atom is 0.300 e. The number of pyridine rings is 2. The first kappa shape index (κ1) is 33.7. The van der Waals surface area contributed by atoms with Crippen LogP contribution < -0.4 is 8.92 Å². The van der Waals surface area contributed by atoms with E-state index in [4.69, 9.17) is 24.2 Å². The monoisotopic (exact) mass is 655 g/mol. The Bertz CT molecular complexity index is 1380. The Morgan fingerprint density at radius 3 is 2.08 bits per heavy atom. The van der Waals surface area contributed by atoms with Crippen LogP contribution >= 0.6 is 25.7 Å². The van der Waals surface area contributed by atoms with Gasteiger partial charge >= 0.3 is 0 Å². The predicted molar refractivity (Wildman–Crippen MR) is 159 cm³/mol. The van der Waals surface area contributed by atoms with E-state index >= 15 is 0 Å². The zero-order valence-corrected chi connectivity index (χ0v) is 24.9. The summed E-state index contributed by atoms with van der Waals surface area (Å²) in [6.45, 7) is 1.08. The van der Waals surface area contributed by atoms with Gasteiger partial charge in [0.1, 0.15) is 23.7 Å². The molecular weight excluding hydrogens is 627 g/mol. The molecule has 2 aromatic heterocycles. The molecule has 39 heavy (non-hydrogen) atoms. The average Bonchev–Trinajstić information content (AvgIpc) is 2.93. The van der Waals surface area contributed by atoms with E-state index in [1.807, 2.05) is 73.9 Å². The molecule has 11 heteroatoms. The van der Waals surface area contributed by atoms with Crippen LogP contribution in [-0.4, -0.2) is 39.6 Å². The molecule has 0 aliphatic heterocycles. The molecule has 0 fully saturated rings. The van der Waals surface area contributed by atoms with Crippen molar-refractivity contribution in [2.75, 3.05) is 14.2 Å². The summed E-state index contributed by atoms with van der Waals surface area (Å²) in [6.07, 6.45) is 5.31. The summed E-state index contributed by atoms with van der Waals surface area (Å²) in [6, 6.07) is 27.4. The van der Waals surface area contributed by atoms with Crippen LogP contribution in [0, 0.1) is 0 Å². The number of nitrogens with zero attached hydrogens (tertiary/aromatic N) is 4. The molecule has 3 aromatic carbocycles. The second kappa shape index (κ2) is 18.0. The number of ether oxygens (including phenoxy) is 1. The summed E-state index contributed by atoms with van der Waals surface area (Å²) in [5, 5.41) is 10.7. The minimum Gasteiger partial charge on any atom is -0.607 e. The second-order valence-corrected chi connectivity index (χ2v) is 8.30. The number of carboxylic acids is 1. The van der Waals surface area contributed by atoms with E-state index in [1.165, 1.54) is 0 Å². The Morgan fingerprint density at radius 1 is 0.872 bits per heavy atom. The number of methoxy groups -OCH3 is 1. The van der Waals surface area contributed by atoms with Gasteiger partial charge < -0.3 is 19.5 Å². The van der Waals surface area contributed by atoms with Crippen molar-refractivity contribution >= 4 is 59.1 Å². The zero-order valence-electron chi connectivity index (χ0n) is 21.5. The van der Waals surface area contributed by atoms with Crippen molar-refractivity contribution in [3.63, 3.8) is 0 Å². The van der Waals surface area contributed by atoms with Gasteiger partial charge in [-0.2, -0.15) is 13.5 Å². The number of aliphatic carboxylic acids is 1. The summed E-state index contributed by atoms with van der Waals surface area (Å²) in [5.74, 6) is 0.688. The number of aromatic nitrogens is 2. The maximum atomic E-state index is 9.00. The fourth-order valence-electron chi connectivity index (χ4n) is 3.19. The number of rotatable bonds is 6. The normalized spacial score (nSPS) is 9.54. The van der Waals surface area contributed by atoms with Crippen molar-refractivity contribution in [2.45, 2.75) is 6.92 Å². The summed E-state index contributed by atoms with van der Waals surface area (Å²) >= 11 is 1.16. The number of fused-ring (bicyclic) bond motifs is 3. The first-order chi connectivity index (χ1) is 18.0. The van der Waals surface area contributed by atoms with E-state index in [1.54, 1.807) is 23.9 Å². The molecule has 5 aromatic rings. The van der Waals surface area contributed by atoms with Gasteiger partial charge in [0.25, 0.3) is 5.97 Å². The molecule has 0 saturated heterocycles. The second-order valence-electron chi connectivity index (χ2n) is 7.46. The molecule has 0 unspecified atom stereocenters. The molecule has 1 N–H and O–H groups in total. The Hall–Kier alpha value is -3.33. The van der Waals surface area contributed by atoms with E-state index in [0.29, 0.717) is 0 Å². The number of carboxylic acid groups (broad SMARTS) is 1. The SMILES string of the molecule is CC(=O)O.COc1ccc(OSN(C)[N-]c2cccc3ccc4cccnc4c23)cc1.S.[Pd].c1ccncc1. The van der Waals surface area contributed by atoms with Gasteiger partial charge in [-0.25, -0.2) is 0 Å². The quantitative estimate of drug-likeness (QED) is 0.0676. The van der Waals surface area contributed by atoms with Crippen LogP contribution in [0.1, 0.15) is 6.92 Å².